The molecule has 0 saturated heterocycles. The van der Waals surface area contributed by atoms with Crippen molar-refractivity contribution in [1.29, 1.82) is 0 Å². The molecule has 0 aliphatic carbocycles. The molecular weight excluding hydrogens is 286 g/mol. The molecule has 1 atom stereocenters. The molecule has 0 bridgehead atoms. The Morgan fingerprint density at radius 2 is 1.96 bits per heavy atom. The highest BCUT2D eigenvalue weighted by Gasteiger charge is 2.38. The van der Waals surface area contributed by atoms with E-state index in [9.17, 15) is 4.79 Å². The molecule has 0 N–H and O–H groups in total. The van der Waals surface area contributed by atoms with Crippen LogP contribution in [0.25, 0.3) is 10.9 Å². The number of rotatable bonds is 3. The minimum absolute atomic E-state index is 0.108. The maximum Gasteiger partial charge on any atom is 0.166 e. The molecule has 0 fully saturated rings. The van der Waals surface area contributed by atoms with Crippen LogP contribution in [0.5, 0.6) is 5.75 Å². The fraction of sp³-hybridized carbons (Fsp3) is 0.200. The zero-order valence-electron chi connectivity index (χ0n) is 13.0. The molecule has 1 unspecified atom stereocenters. The summed E-state index contributed by atoms with van der Waals surface area (Å²) in [6.07, 6.45) is 2.15. The molecule has 3 nitrogen and oxygen atoms in total. The van der Waals surface area contributed by atoms with Crippen molar-refractivity contribution in [3.63, 3.8) is 0 Å². The maximum atomic E-state index is 12.9. The Morgan fingerprint density at radius 1 is 1.13 bits per heavy atom. The Morgan fingerprint density at radius 3 is 2.87 bits per heavy atom. The van der Waals surface area contributed by atoms with Gasteiger partial charge in [0, 0.05) is 34.5 Å². The van der Waals surface area contributed by atoms with E-state index >= 15 is 0 Å². The number of aromatic nitrogens is 1. The number of ketones is 1. The molecule has 0 radical (unpaired) electrons. The molecule has 114 valence electrons. The molecule has 3 heteroatoms. The second-order valence-electron chi connectivity index (χ2n) is 6.33. The van der Waals surface area contributed by atoms with Gasteiger partial charge in [-0.1, -0.05) is 43.3 Å². The van der Waals surface area contributed by atoms with Gasteiger partial charge in [-0.25, -0.2) is 0 Å². The van der Waals surface area contributed by atoms with Crippen molar-refractivity contribution in [2.45, 2.75) is 18.8 Å². The summed E-state index contributed by atoms with van der Waals surface area (Å²) in [5, 5.41) is 0.992. The van der Waals surface area contributed by atoms with Crippen LogP contribution in [-0.2, 0) is 5.41 Å². The van der Waals surface area contributed by atoms with E-state index in [-0.39, 0.29) is 11.2 Å². The number of hydrogen-bond acceptors (Lipinski definition) is 3. The molecule has 23 heavy (non-hydrogen) atoms. The Labute approximate surface area is 134 Å². The molecule has 0 amide bonds. The number of ether oxygens (including phenoxy) is 1. The molecule has 1 aliphatic rings. The average Bonchev–Trinajstić information content (AvgIpc) is 2.91. The molecule has 3 aromatic rings. The first-order valence-electron chi connectivity index (χ1n) is 7.77. The van der Waals surface area contributed by atoms with Gasteiger partial charge >= 0.3 is 0 Å². The van der Waals surface area contributed by atoms with Gasteiger partial charge in [-0.05, 0) is 18.2 Å². The van der Waals surface area contributed by atoms with Crippen LogP contribution in [0, 0.1) is 0 Å². The van der Waals surface area contributed by atoms with Gasteiger partial charge in [-0.2, -0.15) is 0 Å². The van der Waals surface area contributed by atoms with Crippen molar-refractivity contribution < 1.29 is 9.53 Å². The van der Waals surface area contributed by atoms with Crippen LogP contribution in [-0.4, -0.2) is 17.4 Å². The van der Waals surface area contributed by atoms with Crippen LogP contribution in [0.4, 0.5) is 0 Å². The third-order valence-corrected chi connectivity index (χ3v) is 4.57. The lowest BCUT2D eigenvalue weighted by atomic mass is 9.79. The second kappa shape index (κ2) is 5.20. The lowest BCUT2D eigenvalue weighted by Gasteiger charge is -2.22. The summed E-state index contributed by atoms with van der Waals surface area (Å²) in [6, 6.07) is 17.6. The average molecular weight is 303 g/mol. The van der Waals surface area contributed by atoms with E-state index in [1.54, 1.807) is 6.20 Å². The molecule has 0 saturated carbocycles. The third-order valence-electron chi connectivity index (χ3n) is 4.57. The van der Waals surface area contributed by atoms with Crippen molar-refractivity contribution in [1.82, 2.24) is 4.98 Å². The predicted molar refractivity (Wildman–Crippen MR) is 90.0 cm³/mol. The largest absolute Gasteiger partial charge is 0.492 e. The second-order valence-corrected chi connectivity index (χ2v) is 6.33. The van der Waals surface area contributed by atoms with E-state index in [1.807, 2.05) is 48.5 Å². The first-order valence-corrected chi connectivity index (χ1v) is 7.77. The van der Waals surface area contributed by atoms with Gasteiger partial charge in [0.25, 0.3) is 0 Å². The summed E-state index contributed by atoms with van der Waals surface area (Å²) >= 11 is 0. The quantitative estimate of drug-likeness (QED) is 0.682. The molecule has 2 aromatic carbocycles. The summed E-state index contributed by atoms with van der Waals surface area (Å²) in [6.45, 7) is 2.63. The molecule has 0 spiro atoms. The van der Waals surface area contributed by atoms with Crippen LogP contribution in [0.2, 0.25) is 0 Å². The number of carbonyl (C=O) groups is 1. The topological polar surface area (TPSA) is 39.2 Å². The van der Waals surface area contributed by atoms with Crippen molar-refractivity contribution in [2.24, 2.45) is 0 Å². The zero-order chi connectivity index (χ0) is 15.9. The van der Waals surface area contributed by atoms with Crippen molar-refractivity contribution in [3.05, 3.63) is 71.9 Å². The molecule has 1 aliphatic heterocycles. The van der Waals surface area contributed by atoms with E-state index in [2.05, 4.69) is 18.0 Å². The van der Waals surface area contributed by atoms with Crippen LogP contribution in [0.1, 0.15) is 29.3 Å². The number of benzene rings is 2. The zero-order valence-corrected chi connectivity index (χ0v) is 13.0. The Kier molecular flexibility index (Phi) is 3.15. The van der Waals surface area contributed by atoms with Gasteiger partial charge in [-0.3, -0.25) is 9.78 Å². The highest BCUT2D eigenvalue weighted by Crippen LogP contribution is 2.41. The highest BCUT2D eigenvalue weighted by atomic mass is 16.5. The highest BCUT2D eigenvalue weighted by molar-refractivity contribution is 6.07. The minimum atomic E-state index is -0.287. The Balaban J connectivity index is 1.71. The monoisotopic (exact) mass is 303 g/mol. The Hall–Kier alpha value is -2.68. The van der Waals surface area contributed by atoms with E-state index in [4.69, 9.17) is 4.74 Å². The molecule has 4 rings (SSSR count). The number of para-hydroxylation sites is 2. The first-order chi connectivity index (χ1) is 11.2. The maximum absolute atomic E-state index is 12.9. The fourth-order valence-electron chi connectivity index (χ4n) is 3.33. The van der Waals surface area contributed by atoms with E-state index in [1.165, 1.54) is 0 Å². The van der Waals surface area contributed by atoms with Crippen LogP contribution in [0.15, 0.2) is 60.8 Å². The SMILES string of the molecule is CC1(CC(=O)c2cccc3cccnc23)COc2ccccc21. The Bertz CT molecular complexity index is 898. The third kappa shape index (κ3) is 2.29. The van der Waals surface area contributed by atoms with Crippen molar-refractivity contribution in [3.8, 4) is 5.75 Å². The van der Waals surface area contributed by atoms with E-state index < -0.39 is 0 Å². The summed E-state index contributed by atoms with van der Waals surface area (Å²) < 4.78 is 5.77. The fourth-order valence-corrected chi connectivity index (χ4v) is 3.33. The van der Waals surface area contributed by atoms with Crippen LogP contribution >= 0.6 is 0 Å². The number of hydrogen-bond donors (Lipinski definition) is 0. The minimum Gasteiger partial charge on any atom is -0.492 e. The van der Waals surface area contributed by atoms with E-state index in [0.717, 1.165) is 22.2 Å². The lowest BCUT2D eigenvalue weighted by Crippen LogP contribution is -2.27. The van der Waals surface area contributed by atoms with Crippen molar-refractivity contribution in [2.75, 3.05) is 6.61 Å². The summed E-state index contributed by atoms with van der Waals surface area (Å²) in [5.74, 6) is 0.996. The van der Waals surface area contributed by atoms with Gasteiger partial charge in [0.05, 0.1) is 12.1 Å². The predicted octanol–water partition coefficient (Wildman–Crippen LogP) is 4.16. The lowest BCUT2D eigenvalue weighted by molar-refractivity contribution is 0.0945. The first kappa shape index (κ1) is 13.9. The van der Waals surface area contributed by atoms with Gasteiger partial charge in [0.15, 0.2) is 5.78 Å². The molecule has 2 heterocycles. The van der Waals surface area contributed by atoms with E-state index in [0.29, 0.717) is 18.6 Å². The summed E-state index contributed by atoms with van der Waals surface area (Å²) in [5.41, 5.74) is 2.29. The smallest absolute Gasteiger partial charge is 0.166 e. The standard InChI is InChI=1S/C20H17NO2/c1-20(13-23-18-10-3-2-9-16(18)20)12-17(22)15-8-4-6-14-7-5-11-21-19(14)15/h2-11H,12-13H2,1H3. The number of fused-ring (bicyclic) bond motifs is 2. The van der Waals surface area contributed by atoms with Crippen LogP contribution in [0.3, 0.4) is 0 Å². The normalized spacial score (nSPS) is 19.3. The van der Waals surface area contributed by atoms with Crippen LogP contribution < -0.4 is 4.74 Å². The number of Topliss-reactive ketones (excluding diaryl/α,β-unsaturated/α-hetero) is 1. The van der Waals surface area contributed by atoms with Gasteiger partial charge in [-0.15, -0.1) is 0 Å². The van der Waals surface area contributed by atoms with Gasteiger partial charge in [0.1, 0.15) is 5.75 Å². The van der Waals surface area contributed by atoms with Crippen molar-refractivity contribution >= 4 is 16.7 Å². The summed E-state index contributed by atoms with van der Waals surface area (Å²) in [7, 11) is 0. The number of carbonyl (C=O) groups excluding carboxylic acids is 1. The van der Waals surface area contributed by atoms with Gasteiger partial charge in [0.2, 0.25) is 0 Å². The number of nitrogens with zero attached hydrogens (tertiary/aromatic N) is 1. The summed E-state index contributed by atoms with van der Waals surface area (Å²) in [4.78, 5) is 17.3. The molecule has 1 aromatic heterocycles. The van der Waals surface area contributed by atoms with Gasteiger partial charge < -0.3 is 4.74 Å². The molecular formula is C20H17NO2. The number of pyridine rings is 1.